The number of carbonyl (C=O) groups is 1. The Morgan fingerprint density at radius 1 is 1.18 bits per heavy atom. The number of amides is 1. The van der Waals surface area contributed by atoms with Gasteiger partial charge < -0.3 is 19.9 Å². The van der Waals surface area contributed by atoms with Crippen molar-refractivity contribution in [2.45, 2.75) is 12.8 Å². The number of likely N-dealkylation sites (N-methyl/N-ethyl adjacent to an activating group) is 1. The number of piperazine rings is 1. The Morgan fingerprint density at radius 2 is 1.82 bits per heavy atom. The van der Waals surface area contributed by atoms with E-state index in [0.29, 0.717) is 18.9 Å². The fraction of sp³-hybridized carbons (Fsp3) is 0.667. The number of nitrogens with one attached hydrogen (secondary N) is 1. The molecule has 1 aromatic rings. The van der Waals surface area contributed by atoms with Crippen LogP contribution in [0.15, 0.2) is 12.4 Å². The highest BCUT2D eigenvalue weighted by Gasteiger charge is 2.22. The van der Waals surface area contributed by atoms with Crippen LogP contribution in [-0.4, -0.2) is 67.2 Å². The van der Waals surface area contributed by atoms with Crippen molar-refractivity contribution in [2.24, 2.45) is 5.92 Å². The van der Waals surface area contributed by atoms with E-state index < -0.39 is 0 Å². The third-order valence-corrected chi connectivity index (χ3v) is 4.28. The van der Waals surface area contributed by atoms with Gasteiger partial charge >= 0.3 is 0 Å². The zero-order chi connectivity index (χ0) is 15.4. The highest BCUT2D eigenvalue weighted by atomic mass is 16.5. The van der Waals surface area contributed by atoms with Gasteiger partial charge in [0.25, 0.3) is 0 Å². The molecule has 0 atom stereocenters. The Kier molecular flexibility index (Phi) is 4.84. The Labute approximate surface area is 130 Å². The van der Waals surface area contributed by atoms with E-state index in [-0.39, 0.29) is 11.8 Å². The van der Waals surface area contributed by atoms with Crippen molar-refractivity contribution in [3.8, 4) is 0 Å². The third kappa shape index (κ3) is 3.72. The van der Waals surface area contributed by atoms with Crippen LogP contribution in [0.4, 0.5) is 11.6 Å². The zero-order valence-corrected chi connectivity index (χ0v) is 13.0. The minimum atomic E-state index is 0.0334. The van der Waals surface area contributed by atoms with Crippen molar-refractivity contribution in [2.75, 3.05) is 56.7 Å². The lowest BCUT2D eigenvalue weighted by Gasteiger charge is -2.32. The van der Waals surface area contributed by atoms with Gasteiger partial charge in [-0.2, -0.15) is 0 Å². The van der Waals surface area contributed by atoms with Crippen molar-refractivity contribution in [1.29, 1.82) is 0 Å². The summed E-state index contributed by atoms with van der Waals surface area (Å²) in [5.41, 5.74) is 0.661. The highest BCUT2D eigenvalue weighted by Crippen LogP contribution is 2.18. The topological polar surface area (TPSA) is 70.6 Å². The number of anilines is 2. The summed E-state index contributed by atoms with van der Waals surface area (Å²) >= 11 is 0. The van der Waals surface area contributed by atoms with Gasteiger partial charge in [0, 0.05) is 45.3 Å². The smallest absolute Gasteiger partial charge is 0.227 e. The minimum absolute atomic E-state index is 0.0334. The summed E-state index contributed by atoms with van der Waals surface area (Å²) in [5, 5.41) is 2.90. The number of carbonyl (C=O) groups excluding carboxylic acids is 1. The molecule has 1 aromatic heterocycles. The largest absolute Gasteiger partial charge is 0.381 e. The van der Waals surface area contributed by atoms with Crippen LogP contribution in [0, 0.1) is 5.92 Å². The molecule has 7 nitrogen and oxygen atoms in total. The number of rotatable bonds is 3. The molecule has 1 N–H and O–H groups in total. The maximum atomic E-state index is 12.2. The van der Waals surface area contributed by atoms with Crippen molar-refractivity contribution >= 4 is 17.5 Å². The Hall–Kier alpha value is -1.73. The second kappa shape index (κ2) is 7.02. The van der Waals surface area contributed by atoms with E-state index in [1.807, 2.05) is 0 Å². The number of aromatic nitrogens is 2. The molecule has 3 heterocycles. The van der Waals surface area contributed by atoms with Gasteiger partial charge in [0.05, 0.1) is 18.1 Å². The molecule has 0 spiro atoms. The summed E-state index contributed by atoms with van der Waals surface area (Å²) in [6.07, 6.45) is 4.95. The second-order valence-corrected chi connectivity index (χ2v) is 5.94. The summed E-state index contributed by atoms with van der Waals surface area (Å²) in [4.78, 5) is 25.4. The third-order valence-electron chi connectivity index (χ3n) is 4.28. The quantitative estimate of drug-likeness (QED) is 0.881. The van der Waals surface area contributed by atoms with Crippen LogP contribution in [0.5, 0.6) is 0 Å². The fourth-order valence-electron chi connectivity index (χ4n) is 2.76. The summed E-state index contributed by atoms with van der Waals surface area (Å²) in [6, 6.07) is 0. The van der Waals surface area contributed by atoms with Gasteiger partial charge in [0.15, 0.2) is 0 Å². The van der Waals surface area contributed by atoms with E-state index in [2.05, 4.69) is 32.1 Å². The van der Waals surface area contributed by atoms with Crippen LogP contribution < -0.4 is 10.2 Å². The average Bonchev–Trinajstić information content (AvgIpc) is 2.57. The molecule has 2 aliphatic rings. The second-order valence-electron chi connectivity index (χ2n) is 5.94. The SMILES string of the molecule is CN1CCN(c2ncc(NC(=O)C3CCOCC3)cn2)CC1. The van der Waals surface area contributed by atoms with E-state index in [0.717, 1.165) is 45.0 Å². The molecule has 0 aliphatic carbocycles. The highest BCUT2D eigenvalue weighted by molar-refractivity contribution is 5.92. The van der Waals surface area contributed by atoms with Crippen molar-refractivity contribution < 1.29 is 9.53 Å². The van der Waals surface area contributed by atoms with Crippen LogP contribution in [0.25, 0.3) is 0 Å². The maximum absolute atomic E-state index is 12.2. The van der Waals surface area contributed by atoms with Crippen molar-refractivity contribution in [3.63, 3.8) is 0 Å². The molecule has 2 saturated heterocycles. The molecular weight excluding hydrogens is 282 g/mol. The molecule has 22 heavy (non-hydrogen) atoms. The van der Waals surface area contributed by atoms with E-state index in [1.165, 1.54) is 0 Å². The Morgan fingerprint density at radius 3 is 2.45 bits per heavy atom. The van der Waals surface area contributed by atoms with Gasteiger partial charge in [-0.1, -0.05) is 0 Å². The van der Waals surface area contributed by atoms with Gasteiger partial charge in [-0.3, -0.25) is 4.79 Å². The molecule has 3 rings (SSSR count). The minimum Gasteiger partial charge on any atom is -0.381 e. The first-order valence-electron chi connectivity index (χ1n) is 7.86. The van der Waals surface area contributed by atoms with Crippen LogP contribution in [0.1, 0.15) is 12.8 Å². The lowest BCUT2D eigenvalue weighted by Crippen LogP contribution is -2.45. The molecule has 7 heteroatoms. The van der Waals surface area contributed by atoms with E-state index in [4.69, 9.17) is 4.74 Å². The van der Waals surface area contributed by atoms with Gasteiger partial charge in [0.2, 0.25) is 11.9 Å². The first kappa shape index (κ1) is 15.2. The van der Waals surface area contributed by atoms with Gasteiger partial charge in [-0.15, -0.1) is 0 Å². The number of hydrogen-bond donors (Lipinski definition) is 1. The van der Waals surface area contributed by atoms with Gasteiger partial charge in [0.1, 0.15) is 0 Å². The van der Waals surface area contributed by atoms with Gasteiger partial charge in [-0.25, -0.2) is 9.97 Å². The first-order valence-corrected chi connectivity index (χ1v) is 7.86. The normalized spacial score (nSPS) is 20.9. The molecular formula is C15H23N5O2. The molecule has 120 valence electrons. The van der Waals surface area contributed by atoms with Gasteiger partial charge in [-0.05, 0) is 19.9 Å². The lowest BCUT2D eigenvalue weighted by atomic mass is 9.99. The van der Waals surface area contributed by atoms with E-state index >= 15 is 0 Å². The summed E-state index contributed by atoms with van der Waals surface area (Å²) in [5.74, 6) is 0.808. The monoisotopic (exact) mass is 305 g/mol. The van der Waals surface area contributed by atoms with E-state index in [9.17, 15) is 4.79 Å². The van der Waals surface area contributed by atoms with Crippen molar-refractivity contribution in [1.82, 2.24) is 14.9 Å². The number of hydrogen-bond acceptors (Lipinski definition) is 6. The van der Waals surface area contributed by atoms with Crippen LogP contribution >= 0.6 is 0 Å². The summed E-state index contributed by atoms with van der Waals surface area (Å²) in [7, 11) is 2.12. The number of ether oxygens (including phenoxy) is 1. The summed E-state index contributed by atoms with van der Waals surface area (Å²) in [6.45, 7) is 5.24. The van der Waals surface area contributed by atoms with Crippen molar-refractivity contribution in [3.05, 3.63) is 12.4 Å². The average molecular weight is 305 g/mol. The molecule has 2 fully saturated rings. The van der Waals surface area contributed by atoms with Crippen LogP contribution in [0.3, 0.4) is 0 Å². The standard InChI is InChI=1S/C15H23N5O2/c1-19-4-6-20(7-5-19)15-16-10-13(11-17-15)18-14(21)12-2-8-22-9-3-12/h10-12H,2-9H2,1H3,(H,18,21). The predicted molar refractivity (Wildman–Crippen MR) is 83.9 cm³/mol. The van der Waals surface area contributed by atoms with Crippen LogP contribution in [0.2, 0.25) is 0 Å². The Bertz CT molecular complexity index is 493. The van der Waals surface area contributed by atoms with Crippen LogP contribution in [-0.2, 0) is 9.53 Å². The predicted octanol–water partition coefficient (Wildman–Crippen LogP) is 0.593. The zero-order valence-electron chi connectivity index (χ0n) is 13.0. The first-order chi connectivity index (χ1) is 10.7. The molecule has 2 aliphatic heterocycles. The molecule has 1 amide bonds. The molecule has 0 saturated carbocycles. The van der Waals surface area contributed by atoms with E-state index in [1.54, 1.807) is 12.4 Å². The molecule has 0 aromatic carbocycles. The molecule has 0 unspecified atom stereocenters. The fourth-order valence-corrected chi connectivity index (χ4v) is 2.76. The maximum Gasteiger partial charge on any atom is 0.227 e. The molecule has 0 radical (unpaired) electrons. The Balaban J connectivity index is 1.56. The number of nitrogens with zero attached hydrogens (tertiary/aromatic N) is 4. The lowest BCUT2D eigenvalue weighted by molar-refractivity contribution is -0.122. The molecule has 0 bridgehead atoms. The summed E-state index contributed by atoms with van der Waals surface area (Å²) < 4.78 is 5.28.